The lowest BCUT2D eigenvalue weighted by Crippen LogP contribution is -2.30. The zero-order chi connectivity index (χ0) is 18.8. The van der Waals surface area contributed by atoms with E-state index >= 15 is 0 Å². The molecule has 5 nitrogen and oxygen atoms in total. The molecule has 27 heavy (non-hydrogen) atoms. The van der Waals surface area contributed by atoms with E-state index in [9.17, 15) is 14.4 Å². The SMILES string of the molecule is O=C(Cc1ccccc1)Oc1cccc(N2C(=O)[C@H]3CC=CC[C@H]3C2=O)c1. The molecule has 1 saturated heterocycles. The molecule has 2 atom stereocenters. The van der Waals surface area contributed by atoms with Gasteiger partial charge in [0.15, 0.2) is 0 Å². The fourth-order valence-electron chi connectivity index (χ4n) is 3.67. The normalized spacial score (nSPS) is 21.3. The molecule has 2 aliphatic rings. The van der Waals surface area contributed by atoms with Crippen molar-refractivity contribution in [3.05, 3.63) is 72.3 Å². The van der Waals surface area contributed by atoms with Gasteiger partial charge in [0.2, 0.25) is 11.8 Å². The standard InChI is InChI=1S/C22H19NO4/c24-20(13-15-7-2-1-3-8-15)27-17-10-6-9-16(14-17)23-21(25)18-11-4-5-12-19(18)22(23)26/h1-10,14,18-19H,11-13H2/t18-,19+. The number of fused-ring (bicyclic) bond motifs is 1. The van der Waals surface area contributed by atoms with Crippen LogP contribution in [0.4, 0.5) is 5.69 Å². The number of carbonyl (C=O) groups excluding carboxylic acids is 3. The van der Waals surface area contributed by atoms with Gasteiger partial charge in [0, 0.05) is 6.07 Å². The highest BCUT2D eigenvalue weighted by Crippen LogP contribution is 2.38. The first-order valence-corrected chi connectivity index (χ1v) is 9.01. The largest absolute Gasteiger partial charge is 0.426 e. The second kappa shape index (κ2) is 7.19. The summed E-state index contributed by atoms with van der Waals surface area (Å²) in [6.07, 6.45) is 5.26. The van der Waals surface area contributed by atoms with Crippen LogP contribution in [0.15, 0.2) is 66.7 Å². The first-order valence-electron chi connectivity index (χ1n) is 9.01. The number of imide groups is 1. The highest BCUT2D eigenvalue weighted by atomic mass is 16.5. The molecule has 1 heterocycles. The zero-order valence-electron chi connectivity index (χ0n) is 14.7. The molecule has 2 aromatic carbocycles. The molecule has 0 N–H and O–H groups in total. The van der Waals surface area contributed by atoms with Crippen molar-refractivity contribution >= 4 is 23.5 Å². The average molecular weight is 361 g/mol. The number of rotatable bonds is 4. The van der Waals surface area contributed by atoms with Gasteiger partial charge in [-0.1, -0.05) is 48.6 Å². The molecule has 1 aliphatic carbocycles. The third-order valence-electron chi connectivity index (χ3n) is 5.01. The van der Waals surface area contributed by atoms with Gasteiger partial charge in [-0.2, -0.15) is 0 Å². The van der Waals surface area contributed by atoms with Crippen LogP contribution in [0, 0.1) is 11.8 Å². The van der Waals surface area contributed by atoms with Crippen LogP contribution >= 0.6 is 0 Å². The summed E-state index contributed by atoms with van der Waals surface area (Å²) in [6, 6.07) is 15.9. The number of nitrogens with zero attached hydrogens (tertiary/aromatic N) is 1. The quantitative estimate of drug-likeness (QED) is 0.363. The summed E-state index contributed by atoms with van der Waals surface area (Å²) in [5.74, 6) is -1.000. The summed E-state index contributed by atoms with van der Waals surface area (Å²) in [5.41, 5.74) is 1.31. The summed E-state index contributed by atoms with van der Waals surface area (Å²) in [5, 5.41) is 0. The molecule has 5 heteroatoms. The molecule has 1 fully saturated rings. The van der Waals surface area contributed by atoms with Crippen molar-refractivity contribution in [1.82, 2.24) is 0 Å². The van der Waals surface area contributed by atoms with E-state index in [-0.39, 0.29) is 30.1 Å². The van der Waals surface area contributed by atoms with Crippen molar-refractivity contribution in [2.45, 2.75) is 19.3 Å². The summed E-state index contributed by atoms with van der Waals surface area (Å²) >= 11 is 0. The molecule has 0 radical (unpaired) electrons. The Morgan fingerprint density at radius 1 is 0.926 bits per heavy atom. The van der Waals surface area contributed by atoms with E-state index in [0.29, 0.717) is 24.3 Å². The topological polar surface area (TPSA) is 63.7 Å². The predicted octanol–water partition coefficient (Wildman–Crippen LogP) is 3.29. The first-order chi connectivity index (χ1) is 13.1. The molecule has 136 valence electrons. The lowest BCUT2D eigenvalue weighted by molar-refractivity contribution is -0.133. The molecule has 4 rings (SSSR count). The predicted molar refractivity (Wildman–Crippen MR) is 100 cm³/mol. The first kappa shape index (κ1) is 17.2. The summed E-state index contributed by atoms with van der Waals surface area (Å²) in [6.45, 7) is 0. The van der Waals surface area contributed by atoms with Crippen LogP contribution in [0.25, 0.3) is 0 Å². The second-order valence-corrected chi connectivity index (χ2v) is 6.80. The molecule has 2 amide bonds. The fraction of sp³-hybridized carbons (Fsp3) is 0.227. The van der Waals surface area contributed by atoms with E-state index in [1.54, 1.807) is 24.3 Å². The minimum Gasteiger partial charge on any atom is -0.426 e. The molecule has 0 unspecified atom stereocenters. The van der Waals surface area contributed by atoms with Gasteiger partial charge in [0.05, 0.1) is 23.9 Å². The third kappa shape index (κ3) is 3.40. The van der Waals surface area contributed by atoms with E-state index in [0.717, 1.165) is 5.56 Å². The van der Waals surface area contributed by atoms with Crippen molar-refractivity contribution in [3.8, 4) is 5.75 Å². The van der Waals surface area contributed by atoms with E-state index < -0.39 is 5.97 Å². The van der Waals surface area contributed by atoms with E-state index in [1.165, 1.54) is 4.90 Å². The zero-order valence-corrected chi connectivity index (χ0v) is 14.7. The molecule has 0 spiro atoms. The van der Waals surface area contributed by atoms with Crippen molar-refractivity contribution in [1.29, 1.82) is 0 Å². The van der Waals surface area contributed by atoms with Crippen LogP contribution in [-0.2, 0) is 20.8 Å². The van der Waals surface area contributed by atoms with Crippen LogP contribution in [0.1, 0.15) is 18.4 Å². The van der Waals surface area contributed by atoms with Gasteiger partial charge < -0.3 is 4.74 Å². The van der Waals surface area contributed by atoms with E-state index in [1.807, 2.05) is 42.5 Å². The van der Waals surface area contributed by atoms with E-state index in [4.69, 9.17) is 4.74 Å². The van der Waals surface area contributed by atoms with Crippen LogP contribution in [0.3, 0.4) is 0 Å². The number of allylic oxidation sites excluding steroid dienone is 2. The molecule has 2 aromatic rings. The Balaban J connectivity index is 1.50. The van der Waals surface area contributed by atoms with Crippen LogP contribution in [-0.4, -0.2) is 17.8 Å². The van der Waals surface area contributed by atoms with Crippen LogP contribution in [0.2, 0.25) is 0 Å². The fourth-order valence-corrected chi connectivity index (χ4v) is 3.67. The summed E-state index contributed by atoms with van der Waals surface area (Å²) < 4.78 is 5.41. The van der Waals surface area contributed by atoms with Crippen molar-refractivity contribution in [2.24, 2.45) is 11.8 Å². The Hall–Kier alpha value is -3.21. The lowest BCUT2D eigenvalue weighted by atomic mass is 9.85. The third-order valence-corrected chi connectivity index (χ3v) is 5.01. The number of ether oxygens (including phenoxy) is 1. The summed E-state index contributed by atoms with van der Waals surface area (Å²) in [7, 11) is 0. The maximum atomic E-state index is 12.7. The molecular weight excluding hydrogens is 342 g/mol. The van der Waals surface area contributed by atoms with Crippen molar-refractivity contribution < 1.29 is 19.1 Å². The molecular formula is C22H19NO4. The second-order valence-electron chi connectivity index (χ2n) is 6.80. The molecule has 0 saturated carbocycles. The van der Waals surface area contributed by atoms with E-state index in [2.05, 4.69) is 0 Å². The van der Waals surface area contributed by atoms with Crippen LogP contribution in [0.5, 0.6) is 5.75 Å². The van der Waals surface area contributed by atoms with Gasteiger partial charge in [0.1, 0.15) is 5.75 Å². The number of carbonyl (C=O) groups is 3. The Bertz CT molecular complexity index is 893. The van der Waals surface area contributed by atoms with Gasteiger partial charge >= 0.3 is 5.97 Å². The van der Waals surface area contributed by atoms with Gasteiger partial charge in [-0.05, 0) is 30.5 Å². The highest BCUT2D eigenvalue weighted by molar-refractivity contribution is 6.22. The number of amides is 2. The van der Waals surface area contributed by atoms with Crippen molar-refractivity contribution in [2.75, 3.05) is 4.90 Å². The Morgan fingerprint density at radius 3 is 2.26 bits per heavy atom. The maximum Gasteiger partial charge on any atom is 0.315 e. The Labute approximate surface area is 157 Å². The monoisotopic (exact) mass is 361 g/mol. The number of anilines is 1. The van der Waals surface area contributed by atoms with Crippen molar-refractivity contribution in [3.63, 3.8) is 0 Å². The Morgan fingerprint density at radius 2 is 1.59 bits per heavy atom. The minimum atomic E-state index is -0.393. The number of benzene rings is 2. The number of esters is 1. The van der Waals surface area contributed by atoms with Gasteiger partial charge in [0.25, 0.3) is 0 Å². The lowest BCUT2D eigenvalue weighted by Gasteiger charge is -2.15. The number of hydrogen-bond donors (Lipinski definition) is 0. The minimum absolute atomic E-state index is 0.155. The Kier molecular flexibility index (Phi) is 4.59. The molecule has 0 aromatic heterocycles. The number of hydrogen-bond acceptors (Lipinski definition) is 4. The smallest absolute Gasteiger partial charge is 0.315 e. The molecule has 0 bridgehead atoms. The van der Waals surface area contributed by atoms with Crippen LogP contribution < -0.4 is 9.64 Å². The average Bonchev–Trinajstić information content (AvgIpc) is 2.94. The maximum absolute atomic E-state index is 12.7. The summed E-state index contributed by atoms with van der Waals surface area (Å²) in [4.78, 5) is 38.8. The highest BCUT2D eigenvalue weighted by Gasteiger charge is 2.47. The molecule has 1 aliphatic heterocycles. The van der Waals surface area contributed by atoms with Gasteiger partial charge in [-0.3, -0.25) is 14.4 Å². The van der Waals surface area contributed by atoms with Gasteiger partial charge in [-0.15, -0.1) is 0 Å². The van der Waals surface area contributed by atoms with Gasteiger partial charge in [-0.25, -0.2) is 4.90 Å².